The summed E-state index contributed by atoms with van der Waals surface area (Å²) < 4.78 is 39.1. The first-order valence-corrected chi connectivity index (χ1v) is 9.18. The Bertz CT molecular complexity index is 961. The normalized spacial score (nSPS) is 21.4. The van der Waals surface area contributed by atoms with Crippen molar-refractivity contribution in [2.75, 3.05) is 5.32 Å². The monoisotopic (exact) mass is 383 g/mol. The number of hydrogen-bond donors (Lipinski definition) is 1. The third-order valence-corrected chi connectivity index (χ3v) is 4.86. The predicted molar refractivity (Wildman–Crippen MR) is 105 cm³/mol. The van der Waals surface area contributed by atoms with E-state index in [2.05, 4.69) is 46.4 Å². The number of benzene rings is 1. The number of nitrogens with zero attached hydrogens (tertiary/aromatic N) is 2. The molecule has 0 radical (unpaired) electrons. The van der Waals surface area contributed by atoms with Gasteiger partial charge >= 0.3 is 6.18 Å². The third kappa shape index (κ3) is 3.67. The number of alkyl halides is 3. The van der Waals surface area contributed by atoms with Crippen molar-refractivity contribution in [2.45, 2.75) is 25.9 Å². The first kappa shape index (κ1) is 18.3. The molecule has 0 amide bonds. The molecular formula is C22H20F3N3. The zero-order valence-corrected chi connectivity index (χ0v) is 15.4. The number of nitrogens with one attached hydrogen (secondary N) is 1. The summed E-state index contributed by atoms with van der Waals surface area (Å²) in [6.07, 6.45) is 11.4. The van der Waals surface area contributed by atoms with Gasteiger partial charge in [-0.15, -0.1) is 0 Å². The van der Waals surface area contributed by atoms with Gasteiger partial charge in [0.1, 0.15) is 0 Å². The predicted octanol–water partition coefficient (Wildman–Crippen LogP) is 6.00. The van der Waals surface area contributed by atoms with E-state index in [9.17, 15) is 13.2 Å². The Labute approximate surface area is 162 Å². The molecule has 0 spiro atoms. The largest absolute Gasteiger partial charge is 0.416 e. The Kier molecular flexibility index (Phi) is 4.71. The second kappa shape index (κ2) is 7.19. The van der Waals surface area contributed by atoms with Crippen molar-refractivity contribution in [1.29, 1.82) is 0 Å². The van der Waals surface area contributed by atoms with E-state index in [1.807, 2.05) is 12.3 Å². The molecule has 6 heteroatoms. The van der Waals surface area contributed by atoms with Crippen LogP contribution in [0, 0.1) is 5.92 Å². The number of hydrogen-bond acceptors (Lipinski definition) is 3. The van der Waals surface area contributed by atoms with E-state index >= 15 is 0 Å². The highest BCUT2D eigenvalue weighted by Gasteiger charge is 2.31. The lowest BCUT2D eigenvalue weighted by Gasteiger charge is -2.29. The fourth-order valence-electron chi connectivity index (χ4n) is 3.46. The molecule has 0 bridgehead atoms. The van der Waals surface area contributed by atoms with Crippen LogP contribution in [0.2, 0.25) is 0 Å². The average Bonchev–Trinajstić information content (AvgIpc) is 3.13. The van der Waals surface area contributed by atoms with Gasteiger partial charge in [0, 0.05) is 23.8 Å². The third-order valence-electron chi connectivity index (χ3n) is 4.86. The Morgan fingerprint density at radius 2 is 2.07 bits per heavy atom. The summed E-state index contributed by atoms with van der Waals surface area (Å²) in [4.78, 5) is 6.46. The van der Waals surface area contributed by atoms with E-state index < -0.39 is 11.7 Å². The topological polar surface area (TPSA) is 27.6 Å². The van der Waals surface area contributed by atoms with Crippen LogP contribution in [0.25, 0.3) is 0 Å². The summed E-state index contributed by atoms with van der Waals surface area (Å²) in [6, 6.07) is 5.17. The molecule has 2 aliphatic heterocycles. The van der Waals surface area contributed by atoms with Crippen molar-refractivity contribution in [3.63, 3.8) is 0 Å². The van der Waals surface area contributed by atoms with E-state index in [1.165, 1.54) is 11.6 Å². The van der Waals surface area contributed by atoms with Crippen molar-refractivity contribution in [3.8, 4) is 0 Å². The molecule has 4 rings (SSSR count). The van der Waals surface area contributed by atoms with Gasteiger partial charge in [-0.1, -0.05) is 43.4 Å². The molecule has 1 unspecified atom stereocenters. The van der Waals surface area contributed by atoms with Crippen LogP contribution in [0.5, 0.6) is 0 Å². The molecule has 1 aliphatic carbocycles. The first-order valence-electron chi connectivity index (χ1n) is 9.18. The highest BCUT2D eigenvalue weighted by molar-refractivity contribution is 6.08. The SMILES string of the molecule is CC1C=C(C2=CC=CC2)N2C=CN=C(Nc3cccc(C(F)(F)F)c3)C2=CC1. The first-order chi connectivity index (χ1) is 13.4. The molecule has 0 aromatic heterocycles. The molecule has 1 aromatic rings. The maximum absolute atomic E-state index is 13.0. The molecule has 3 nitrogen and oxygen atoms in total. The van der Waals surface area contributed by atoms with Crippen molar-refractivity contribution < 1.29 is 13.2 Å². The minimum Gasteiger partial charge on any atom is -0.338 e. The lowest BCUT2D eigenvalue weighted by molar-refractivity contribution is -0.137. The maximum atomic E-state index is 13.0. The Balaban J connectivity index is 1.64. The molecule has 1 aromatic carbocycles. The molecular weight excluding hydrogens is 363 g/mol. The van der Waals surface area contributed by atoms with Gasteiger partial charge in [-0.3, -0.25) is 0 Å². The Morgan fingerprint density at radius 3 is 2.82 bits per heavy atom. The highest BCUT2D eigenvalue weighted by atomic mass is 19.4. The van der Waals surface area contributed by atoms with Crippen LogP contribution in [0.4, 0.5) is 18.9 Å². The number of aliphatic imine (C=N–C) groups is 1. The number of fused-ring (bicyclic) bond motifs is 1. The second-order valence-corrected chi connectivity index (χ2v) is 7.03. The number of anilines is 1. The summed E-state index contributed by atoms with van der Waals surface area (Å²) in [5, 5.41) is 3.07. The van der Waals surface area contributed by atoms with E-state index in [-0.39, 0.29) is 0 Å². The molecule has 28 heavy (non-hydrogen) atoms. The minimum atomic E-state index is -4.38. The smallest absolute Gasteiger partial charge is 0.338 e. The van der Waals surface area contributed by atoms with Gasteiger partial charge in [-0.25, -0.2) is 4.99 Å². The molecule has 1 atom stereocenters. The summed E-state index contributed by atoms with van der Waals surface area (Å²) in [6.45, 7) is 2.15. The van der Waals surface area contributed by atoms with Crippen molar-refractivity contribution >= 4 is 11.5 Å². The molecule has 1 N–H and O–H groups in total. The quantitative estimate of drug-likeness (QED) is 0.679. The van der Waals surface area contributed by atoms with Crippen molar-refractivity contribution in [2.24, 2.45) is 10.9 Å². The molecule has 0 fully saturated rings. The molecule has 0 saturated heterocycles. The van der Waals surface area contributed by atoms with E-state index in [4.69, 9.17) is 0 Å². The Hall–Kier alpha value is -3.02. The highest BCUT2D eigenvalue weighted by Crippen LogP contribution is 2.34. The van der Waals surface area contributed by atoms with E-state index in [1.54, 1.807) is 12.3 Å². The lowest BCUT2D eigenvalue weighted by Crippen LogP contribution is -2.29. The number of halogens is 3. The van der Waals surface area contributed by atoms with E-state index in [0.717, 1.165) is 36.4 Å². The fourth-order valence-corrected chi connectivity index (χ4v) is 3.46. The number of allylic oxidation sites excluding steroid dienone is 6. The summed E-state index contributed by atoms with van der Waals surface area (Å²) in [5.41, 5.74) is 2.82. The van der Waals surface area contributed by atoms with Gasteiger partial charge in [0.15, 0.2) is 5.84 Å². The maximum Gasteiger partial charge on any atom is 0.416 e. The minimum absolute atomic E-state index is 0.345. The average molecular weight is 383 g/mol. The molecule has 144 valence electrons. The zero-order valence-electron chi connectivity index (χ0n) is 15.4. The lowest BCUT2D eigenvalue weighted by atomic mass is 10.0. The van der Waals surface area contributed by atoms with Gasteiger partial charge in [0.2, 0.25) is 0 Å². The second-order valence-electron chi connectivity index (χ2n) is 7.03. The van der Waals surface area contributed by atoms with Crippen LogP contribution in [0.1, 0.15) is 25.3 Å². The standard InChI is InChI=1S/C22H20F3N3/c1-15-9-10-19-21(27-18-8-4-7-17(14-18)22(23,24)25)26-11-12-28(19)20(13-15)16-5-2-3-6-16/h2-5,7-8,10-15H,6,9H2,1H3,(H,26,27). The zero-order chi connectivity index (χ0) is 19.7. The number of amidine groups is 1. The Morgan fingerprint density at radius 1 is 1.21 bits per heavy atom. The summed E-state index contributed by atoms with van der Waals surface area (Å²) in [7, 11) is 0. The molecule has 0 saturated carbocycles. The van der Waals surface area contributed by atoms with Gasteiger partial charge in [0.05, 0.1) is 11.3 Å². The van der Waals surface area contributed by atoms with Crippen LogP contribution in [0.3, 0.4) is 0 Å². The van der Waals surface area contributed by atoms with Crippen molar-refractivity contribution in [3.05, 3.63) is 89.6 Å². The van der Waals surface area contributed by atoms with Crippen LogP contribution in [-0.4, -0.2) is 10.7 Å². The van der Waals surface area contributed by atoms with Gasteiger partial charge in [-0.05, 0) is 42.5 Å². The summed E-state index contributed by atoms with van der Waals surface area (Å²) >= 11 is 0. The van der Waals surface area contributed by atoms with Gasteiger partial charge < -0.3 is 10.2 Å². The van der Waals surface area contributed by atoms with Crippen LogP contribution in [-0.2, 0) is 6.18 Å². The van der Waals surface area contributed by atoms with Crippen LogP contribution in [0.15, 0.2) is 89.0 Å². The van der Waals surface area contributed by atoms with Crippen LogP contribution >= 0.6 is 0 Å². The van der Waals surface area contributed by atoms with Gasteiger partial charge in [-0.2, -0.15) is 13.2 Å². The van der Waals surface area contributed by atoms with E-state index in [0.29, 0.717) is 17.4 Å². The molecule has 2 heterocycles. The number of rotatable bonds is 2. The van der Waals surface area contributed by atoms with Gasteiger partial charge in [0.25, 0.3) is 0 Å². The molecule has 3 aliphatic rings. The van der Waals surface area contributed by atoms with Crippen molar-refractivity contribution in [1.82, 2.24) is 4.90 Å². The van der Waals surface area contributed by atoms with Crippen LogP contribution < -0.4 is 5.32 Å². The summed E-state index contributed by atoms with van der Waals surface area (Å²) in [5.74, 6) is 0.881. The fraction of sp³-hybridized carbons (Fsp3) is 0.227.